The van der Waals surface area contributed by atoms with Gasteiger partial charge in [0.25, 0.3) is 5.56 Å². The maximum Gasteiger partial charge on any atom is 0.329 e. The molecule has 0 saturated heterocycles. The highest BCUT2D eigenvalue weighted by molar-refractivity contribution is 7.90. The lowest BCUT2D eigenvalue weighted by molar-refractivity contribution is 0.596. The van der Waals surface area contributed by atoms with Gasteiger partial charge in [0, 0.05) is 31.6 Å². The number of aromatic nitrogens is 3. The van der Waals surface area contributed by atoms with Crippen molar-refractivity contribution in [3.63, 3.8) is 0 Å². The maximum atomic E-state index is 13.2. The van der Waals surface area contributed by atoms with Crippen LogP contribution in [-0.4, -0.2) is 27.9 Å². The number of sulfone groups is 1. The van der Waals surface area contributed by atoms with E-state index in [0.717, 1.165) is 16.7 Å². The molecule has 0 aliphatic rings. The van der Waals surface area contributed by atoms with Crippen LogP contribution in [-0.2, 0) is 36.2 Å². The second-order valence-corrected chi connectivity index (χ2v) is 10.8. The fraction of sp³-hybridized carbons (Fsp3) is 0.280. The van der Waals surface area contributed by atoms with Gasteiger partial charge in [-0.2, -0.15) is 0 Å². The van der Waals surface area contributed by atoms with Crippen molar-refractivity contribution in [3.05, 3.63) is 92.3 Å². The molecule has 8 heteroatoms. The highest BCUT2D eigenvalue weighted by Crippen LogP contribution is 2.29. The molecule has 0 amide bonds. The molecule has 0 fully saturated rings. The van der Waals surface area contributed by atoms with E-state index in [9.17, 15) is 18.0 Å². The molecule has 0 saturated carbocycles. The number of fused-ring (bicyclic) bond motifs is 1. The van der Waals surface area contributed by atoms with Gasteiger partial charge in [0.2, 0.25) is 0 Å². The number of nitrogens with zero attached hydrogens (tertiary/aromatic N) is 3. The molecule has 2 aromatic heterocycles. The zero-order valence-corrected chi connectivity index (χ0v) is 20.0. The second kappa shape index (κ2) is 8.51. The monoisotopic (exact) mass is 465 g/mol. The van der Waals surface area contributed by atoms with E-state index in [1.54, 1.807) is 44.8 Å². The van der Waals surface area contributed by atoms with Gasteiger partial charge in [-0.05, 0) is 47.4 Å². The molecule has 0 bridgehead atoms. The van der Waals surface area contributed by atoms with Crippen LogP contribution in [0, 0.1) is 6.92 Å². The highest BCUT2D eigenvalue weighted by atomic mass is 32.2. The van der Waals surface area contributed by atoms with Gasteiger partial charge in [-0.1, -0.05) is 37.3 Å². The van der Waals surface area contributed by atoms with E-state index in [4.69, 9.17) is 0 Å². The average Bonchev–Trinajstić information content (AvgIpc) is 3.02. The van der Waals surface area contributed by atoms with Crippen LogP contribution in [0.4, 0.5) is 0 Å². The van der Waals surface area contributed by atoms with Crippen molar-refractivity contribution in [2.45, 2.75) is 26.1 Å². The topological polar surface area (TPSA) is 83.1 Å². The first-order valence-electron chi connectivity index (χ1n) is 10.8. The van der Waals surface area contributed by atoms with E-state index >= 15 is 0 Å². The van der Waals surface area contributed by atoms with Gasteiger partial charge in [0.15, 0.2) is 9.84 Å². The molecule has 4 rings (SSSR count). The summed E-state index contributed by atoms with van der Waals surface area (Å²) in [5, 5.41) is 0. The number of pyridine rings is 1. The van der Waals surface area contributed by atoms with E-state index in [0.29, 0.717) is 28.7 Å². The van der Waals surface area contributed by atoms with Crippen LogP contribution in [0.3, 0.4) is 0 Å². The Morgan fingerprint density at radius 2 is 1.64 bits per heavy atom. The van der Waals surface area contributed by atoms with Crippen LogP contribution >= 0.6 is 0 Å². The maximum absolute atomic E-state index is 13.2. The average molecular weight is 466 g/mol. The Balaban J connectivity index is 2.03. The highest BCUT2D eigenvalue weighted by Gasteiger charge is 2.20. The minimum absolute atomic E-state index is 0.0103. The lowest BCUT2D eigenvalue weighted by Crippen LogP contribution is -2.22. The van der Waals surface area contributed by atoms with Crippen LogP contribution in [0.2, 0.25) is 0 Å². The minimum Gasteiger partial charge on any atom is -0.318 e. The van der Waals surface area contributed by atoms with Crippen molar-refractivity contribution >= 4 is 20.9 Å². The first kappa shape index (κ1) is 22.8. The molecular weight excluding hydrogens is 438 g/mol. The predicted molar refractivity (Wildman–Crippen MR) is 131 cm³/mol. The van der Waals surface area contributed by atoms with Gasteiger partial charge in [-0.3, -0.25) is 13.9 Å². The number of hydrogen-bond acceptors (Lipinski definition) is 4. The second-order valence-electron chi connectivity index (χ2n) is 8.42. The van der Waals surface area contributed by atoms with Gasteiger partial charge in [0.1, 0.15) is 0 Å². The standard InChI is InChI=1S/C25H27N3O4S/c1-5-33(31,32)16-21-12-19(20-11-17(2)24(29)26(3)15-20)13-22-23(21)27(4)25(30)28(22)14-18-9-7-6-8-10-18/h6-13,15H,5,14,16H2,1-4H3. The normalized spacial score (nSPS) is 11.9. The summed E-state index contributed by atoms with van der Waals surface area (Å²) in [5.41, 5.74) is 4.65. The summed E-state index contributed by atoms with van der Waals surface area (Å²) in [6.45, 7) is 3.74. The molecule has 0 spiro atoms. The van der Waals surface area contributed by atoms with Crippen molar-refractivity contribution in [1.29, 1.82) is 0 Å². The quantitative estimate of drug-likeness (QED) is 0.438. The Hall–Kier alpha value is -3.39. The summed E-state index contributed by atoms with van der Waals surface area (Å²) in [7, 11) is 0.0140. The molecule has 0 radical (unpaired) electrons. The summed E-state index contributed by atoms with van der Waals surface area (Å²) in [4.78, 5) is 25.4. The van der Waals surface area contributed by atoms with Gasteiger partial charge < -0.3 is 4.57 Å². The summed E-state index contributed by atoms with van der Waals surface area (Å²) in [5.74, 6) is -0.155. The summed E-state index contributed by atoms with van der Waals surface area (Å²) in [6, 6.07) is 15.2. The molecule has 4 aromatic rings. The number of rotatable bonds is 6. The minimum atomic E-state index is -3.35. The fourth-order valence-corrected chi connectivity index (χ4v) is 5.12. The van der Waals surface area contributed by atoms with Gasteiger partial charge in [0.05, 0.1) is 23.3 Å². The third-order valence-electron chi connectivity index (χ3n) is 6.01. The Kier molecular flexibility index (Phi) is 5.88. The Labute approximate surface area is 192 Å². The Bertz CT molecular complexity index is 1550. The predicted octanol–water partition coefficient (Wildman–Crippen LogP) is 3.00. The smallest absolute Gasteiger partial charge is 0.318 e. The van der Waals surface area contributed by atoms with E-state index in [2.05, 4.69) is 0 Å². The van der Waals surface area contributed by atoms with Crippen molar-refractivity contribution in [2.24, 2.45) is 14.1 Å². The van der Waals surface area contributed by atoms with Crippen LogP contribution in [0.25, 0.3) is 22.2 Å². The molecule has 7 nitrogen and oxygen atoms in total. The SMILES string of the molecule is CCS(=O)(=O)Cc1cc(-c2cc(C)c(=O)n(C)c2)cc2c1n(C)c(=O)n2Cc1ccccc1. The van der Waals surface area contributed by atoms with Crippen LogP contribution < -0.4 is 11.2 Å². The molecular formula is C25H27N3O4S. The summed E-state index contributed by atoms with van der Waals surface area (Å²) < 4.78 is 29.8. The molecule has 0 unspecified atom stereocenters. The molecule has 0 atom stereocenters. The lowest BCUT2D eigenvalue weighted by atomic mass is 10.0. The van der Waals surface area contributed by atoms with Gasteiger partial charge in [-0.15, -0.1) is 0 Å². The van der Waals surface area contributed by atoms with Crippen LogP contribution in [0.15, 0.2) is 64.3 Å². The third-order valence-corrected chi connectivity index (χ3v) is 7.64. The van der Waals surface area contributed by atoms with Crippen molar-refractivity contribution in [3.8, 4) is 11.1 Å². The lowest BCUT2D eigenvalue weighted by Gasteiger charge is -2.12. The third kappa shape index (κ3) is 4.30. The van der Waals surface area contributed by atoms with E-state index < -0.39 is 9.84 Å². The van der Waals surface area contributed by atoms with Crippen molar-refractivity contribution in [2.75, 3.05) is 5.75 Å². The zero-order valence-electron chi connectivity index (χ0n) is 19.2. The van der Waals surface area contributed by atoms with E-state index in [1.165, 1.54) is 9.13 Å². The molecule has 2 aromatic carbocycles. The summed E-state index contributed by atoms with van der Waals surface area (Å²) >= 11 is 0. The Morgan fingerprint density at radius 3 is 2.27 bits per heavy atom. The van der Waals surface area contributed by atoms with E-state index in [1.807, 2.05) is 42.5 Å². The molecule has 0 aliphatic heterocycles. The van der Waals surface area contributed by atoms with Crippen molar-refractivity contribution in [1.82, 2.24) is 13.7 Å². The molecule has 0 aliphatic carbocycles. The molecule has 2 heterocycles. The molecule has 33 heavy (non-hydrogen) atoms. The summed E-state index contributed by atoms with van der Waals surface area (Å²) in [6.07, 6.45) is 1.73. The number of hydrogen-bond donors (Lipinski definition) is 0. The largest absolute Gasteiger partial charge is 0.329 e. The zero-order chi connectivity index (χ0) is 23.9. The van der Waals surface area contributed by atoms with Crippen LogP contribution in [0.1, 0.15) is 23.6 Å². The van der Waals surface area contributed by atoms with Gasteiger partial charge in [-0.25, -0.2) is 13.2 Å². The van der Waals surface area contributed by atoms with Crippen LogP contribution in [0.5, 0.6) is 0 Å². The van der Waals surface area contributed by atoms with E-state index in [-0.39, 0.29) is 22.8 Å². The molecule has 172 valence electrons. The number of benzene rings is 2. The molecule has 0 N–H and O–H groups in total. The first-order chi connectivity index (χ1) is 15.6. The number of imidazole rings is 1. The fourth-order valence-electron chi connectivity index (χ4n) is 4.22. The van der Waals surface area contributed by atoms with Crippen molar-refractivity contribution < 1.29 is 8.42 Å². The number of aryl methyl sites for hydroxylation is 3. The van der Waals surface area contributed by atoms with Gasteiger partial charge >= 0.3 is 5.69 Å². The Morgan fingerprint density at radius 1 is 0.939 bits per heavy atom. The first-order valence-corrected chi connectivity index (χ1v) is 12.6.